The van der Waals surface area contributed by atoms with E-state index in [1.807, 2.05) is 30.3 Å². The minimum Gasteiger partial charge on any atom is -0.497 e. The largest absolute Gasteiger partial charge is 0.497 e. The Morgan fingerprint density at radius 1 is 1.19 bits per heavy atom. The van der Waals surface area contributed by atoms with Crippen molar-refractivity contribution in [2.45, 2.75) is 19.4 Å². The lowest BCUT2D eigenvalue weighted by molar-refractivity contribution is -0.125. The van der Waals surface area contributed by atoms with Gasteiger partial charge in [-0.25, -0.2) is 0 Å². The highest BCUT2D eigenvalue weighted by molar-refractivity contribution is 6.23. The van der Waals surface area contributed by atoms with Crippen LogP contribution in [0.3, 0.4) is 0 Å². The number of carbonyl (C=O) groups excluding carboxylic acids is 3. The lowest BCUT2D eigenvalue weighted by atomic mass is 9.95. The second-order valence-corrected chi connectivity index (χ2v) is 8.06. The number of piperidine rings is 1. The van der Waals surface area contributed by atoms with E-state index in [1.165, 1.54) is 4.90 Å². The number of rotatable bonds is 7. The first-order valence-corrected chi connectivity index (χ1v) is 10.8. The van der Waals surface area contributed by atoms with Gasteiger partial charge >= 0.3 is 0 Å². The molecule has 0 radical (unpaired) electrons. The Hall–Kier alpha value is -3.61. The van der Waals surface area contributed by atoms with E-state index in [-0.39, 0.29) is 30.2 Å². The van der Waals surface area contributed by atoms with E-state index in [4.69, 9.17) is 4.74 Å². The summed E-state index contributed by atoms with van der Waals surface area (Å²) < 4.78 is 5.18. The molecule has 2 heterocycles. The van der Waals surface area contributed by atoms with E-state index >= 15 is 0 Å². The Morgan fingerprint density at radius 3 is 2.69 bits per heavy atom. The molecule has 1 saturated heterocycles. The quantitative estimate of drug-likeness (QED) is 0.536. The zero-order chi connectivity index (χ0) is 22.7. The number of hydrogen-bond acceptors (Lipinski definition) is 5. The molecule has 32 heavy (non-hydrogen) atoms. The average Bonchev–Trinajstić information content (AvgIpc) is 3.08. The Labute approximate surface area is 187 Å². The van der Waals surface area contributed by atoms with Gasteiger partial charge in [0.05, 0.1) is 36.4 Å². The Bertz CT molecular complexity index is 1050. The Morgan fingerprint density at radius 2 is 1.97 bits per heavy atom. The standard InChI is InChI=1S/C25H27N3O4/c1-3-13-26-23(29)18-6-5-14-27(16-18)21-8-4-7-20-22(21)25(31)28(24(20)30)15-17-9-11-19(32-2)12-10-17/h3-4,7-12,18H,1,5-6,13-16H2,2H3,(H,26,29). The number of imide groups is 1. The maximum absolute atomic E-state index is 13.3. The highest BCUT2D eigenvalue weighted by Crippen LogP contribution is 2.34. The van der Waals surface area contributed by atoms with Crippen LogP contribution in [0.25, 0.3) is 0 Å². The van der Waals surface area contributed by atoms with E-state index in [9.17, 15) is 14.4 Å². The van der Waals surface area contributed by atoms with Gasteiger partial charge in [0.2, 0.25) is 5.91 Å². The second kappa shape index (κ2) is 9.26. The lowest BCUT2D eigenvalue weighted by Gasteiger charge is -2.34. The molecular weight excluding hydrogens is 406 g/mol. The summed E-state index contributed by atoms with van der Waals surface area (Å²) >= 11 is 0. The third-order valence-corrected chi connectivity index (χ3v) is 6.03. The number of methoxy groups -OCH3 is 1. The van der Waals surface area contributed by atoms with Crippen molar-refractivity contribution >= 4 is 23.4 Å². The van der Waals surface area contributed by atoms with Crippen LogP contribution in [0, 0.1) is 5.92 Å². The summed E-state index contributed by atoms with van der Waals surface area (Å²) in [7, 11) is 1.59. The van der Waals surface area contributed by atoms with Crippen molar-refractivity contribution in [3.8, 4) is 5.75 Å². The first-order valence-electron chi connectivity index (χ1n) is 10.8. The molecule has 2 aromatic carbocycles. The number of ether oxygens (including phenoxy) is 1. The molecule has 0 saturated carbocycles. The third-order valence-electron chi connectivity index (χ3n) is 6.03. The number of carbonyl (C=O) groups is 3. The minimum atomic E-state index is -0.297. The molecule has 7 nitrogen and oxygen atoms in total. The summed E-state index contributed by atoms with van der Waals surface area (Å²) in [6.45, 7) is 5.52. The number of fused-ring (bicyclic) bond motifs is 1. The zero-order valence-corrected chi connectivity index (χ0v) is 18.2. The monoisotopic (exact) mass is 433 g/mol. The summed E-state index contributed by atoms with van der Waals surface area (Å²) in [4.78, 5) is 42.2. The lowest BCUT2D eigenvalue weighted by Crippen LogP contribution is -2.43. The summed E-state index contributed by atoms with van der Waals surface area (Å²) in [5, 5.41) is 2.86. The molecular formula is C25H27N3O4. The van der Waals surface area contributed by atoms with Crippen LogP contribution in [0.2, 0.25) is 0 Å². The fraction of sp³-hybridized carbons (Fsp3) is 0.320. The van der Waals surface area contributed by atoms with Crippen LogP contribution in [-0.2, 0) is 11.3 Å². The van der Waals surface area contributed by atoms with E-state index in [0.717, 1.165) is 36.4 Å². The molecule has 2 aromatic rings. The molecule has 1 N–H and O–H groups in total. The maximum atomic E-state index is 13.3. The van der Waals surface area contributed by atoms with E-state index < -0.39 is 0 Å². The fourth-order valence-electron chi connectivity index (χ4n) is 4.36. The number of anilines is 1. The molecule has 0 bridgehead atoms. The maximum Gasteiger partial charge on any atom is 0.263 e. The van der Waals surface area contributed by atoms with Crippen molar-refractivity contribution in [3.63, 3.8) is 0 Å². The number of benzene rings is 2. The van der Waals surface area contributed by atoms with Gasteiger partial charge < -0.3 is 15.0 Å². The SMILES string of the molecule is C=CCNC(=O)C1CCCN(c2cccc3c2C(=O)N(Cc2ccc(OC)cc2)C3=O)C1. The molecule has 2 aliphatic heterocycles. The van der Waals surface area contributed by atoms with E-state index in [0.29, 0.717) is 24.2 Å². The predicted molar refractivity (Wildman–Crippen MR) is 122 cm³/mol. The molecule has 1 atom stereocenters. The van der Waals surface area contributed by atoms with Crippen LogP contribution in [0.1, 0.15) is 39.1 Å². The van der Waals surface area contributed by atoms with Crippen molar-refractivity contribution in [1.29, 1.82) is 0 Å². The van der Waals surface area contributed by atoms with Gasteiger partial charge in [-0.05, 0) is 42.7 Å². The smallest absolute Gasteiger partial charge is 0.263 e. The van der Waals surface area contributed by atoms with Gasteiger partial charge in [-0.1, -0.05) is 24.3 Å². The zero-order valence-electron chi connectivity index (χ0n) is 18.2. The number of nitrogens with zero attached hydrogens (tertiary/aromatic N) is 2. The molecule has 166 valence electrons. The molecule has 7 heteroatoms. The van der Waals surface area contributed by atoms with Crippen LogP contribution in [-0.4, -0.2) is 49.4 Å². The number of nitrogens with one attached hydrogen (secondary N) is 1. The van der Waals surface area contributed by atoms with Crippen molar-refractivity contribution in [1.82, 2.24) is 10.2 Å². The summed E-state index contributed by atoms with van der Waals surface area (Å²) in [6, 6.07) is 12.7. The summed E-state index contributed by atoms with van der Waals surface area (Å²) in [6.07, 6.45) is 3.29. The normalized spacial score (nSPS) is 17.8. The first-order chi connectivity index (χ1) is 15.5. The van der Waals surface area contributed by atoms with Crippen LogP contribution in [0.15, 0.2) is 55.1 Å². The van der Waals surface area contributed by atoms with Crippen molar-refractivity contribution in [3.05, 3.63) is 71.8 Å². The third kappa shape index (κ3) is 4.10. The van der Waals surface area contributed by atoms with Crippen LogP contribution >= 0.6 is 0 Å². The van der Waals surface area contributed by atoms with Gasteiger partial charge in [-0.2, -0.15) is 0 Å². The van der Waals surface area contributed by atoms with Crippen LogP contribution < -0.4 is 15.0 Å². The summed E-state index contributed by atoms with van der Waals surface area (Å²) in [5.41, 5.74) is 2.41. The molecule has 0 aliphatic carbocycles. The van der Waals surface area contributed by atoms with Gasteiger partial charge in [0.25, 0.3) is 11.8 Å². The van der Waals surface area contributed by atoms with E-state index in [2.05, 4.69) is 16.8 Å². The van der Waals surface area contributed by atoms with Gasteiger partial charge in [0, 0.05) is 19.6 Å². The molecule has 1 unspecified atom stereocenters. The molecule has 0 aromatic heterocycles. The van der Waals surface area contributed by atoms with Crippen molar-refractivity contribution in [2.24, 2.45) is 5.92 Å². The highest BCUT2D eigenvalue weighted by atomic mass is 16.5. The Balaban J connectivity index is 1.56. The predicted octanol–water partition coefficient (Wildman–Crippen LogP) is 3.01. The van der Waals surface area contributed by atoms with Gasteiger partial charge in [0.15, 0.2) is 0 Å². The summed E-state index contributed by atoms with van der Waals surface area (Å²) in [5.74, 6) is -0.0438. The minimum absolute atomic E-state index is 0.00860. The highest BCUT2D eigenvalue weighted by Gasteiger charge is 2.39. The average molecular weight is 434 g/mol. The van der Waals surface area contributed by atoms with Crippen LogP contribution in [0.5, 0.6) is 5.75 Å². The molecule has 2 aliphatic rings. The first kappa shape index (κ1) is 21.6. The van der Waals surface area contributed by atoms with Gasteiger partial charge in [-0.3, -0.25) is 19.3 Å². The van der Waals surface area contributed by atoms with Crippen molar-refractivity contribution < 1.29 is 19.1 Å². The molecule has 1 fully saturated rings. The second-order valence-electron chi connectivity index (χ2n) is 8.06. The van der Waals surface area contributed by atoms with Gasteiger partial charge in [-0.15, -0.1) is 6.58 Å². The molecule has 0 spiro atoms. The van der Waals surface area contributed by atoms with Crippen molar-refractivity contribution in [2.75, 3.05) is 31.6 Å². The van der Waals surface area contributed by atoms with Gasteiger partial charge in [0.1, 0.15) is 5.75 Å². The van der Waals surface area contributed by atoms with Crippen LogP contribution in [0.4, 0.5) is 5.69 Å². The molecule has 3 amide bonds. The topological polar surface area (TPSA) is 79.0 Å². The van der Waals surface area contributed by atoms with E-state index in [1.54, 1.807) is 25.3 Å². The number of hydrogen-bond donors (Lipinski definition) is 1. The molecule has 4 rings (SSSR count). The fourth-order valence-corrected chi connectivity index (χ4v) is 4.36. The number of amides is 3. The Kier molecular flexibility index (Phi) is 6.25.